The summed E-state index contributed by atoms with van der Waals surface area (Å²) in [4.78, 5) is 12.0. The highest BCUT2D eigenvalue weighted by atomic mass is 16.5. The number of carbonyl (C=O) groups excluding carboxylic acids is 1. The number of hydrogen-bond donors (Lipinski definition) is 1. The van der Waals surface area contributed by atoms with Crippen molar-refractivity contribution in [1.29, 1.82) is 0 Å². The average molecular weight is 217 g/mol. The van der Waals surface area contributed by atoms with E-state index in [-0.39, 0.29) is 5.78 Å². The van der Waals surface area contributed by atoms with Gasteiger partial charge in [0.15, 0.2) is 5.76 Å². The first kappa shape index (κ1) is 10.9. The number of hydrogen-bond acceptors (Lipinski definition) is 3. The molecule has 0 bridgehead atoms. The minimum absolute atomic E-state index is 0.0386. The summed E-state index contributed by atoms with van der Waals surface area (Å²) in [7, 11) is 0. The Hall–Kier alpha value is -1.61. The Balaban J connectivity index is 2.16. The smallest absolute Gasteiger partial charge is 0.227 e. The van der Waals surface area contributed by atoms with Crippen LogP contribution in [0.3, 0.4) is 0 Å². The third-order valence-electron chi connectivity index (χ3n) is 2.61. The lowest BCUT2D eigenvalue weighted by Crippen LogP contribution is -2.11. The molecule has 16 heavy (non-hydrogen) atoms. The van der Waals surface area contributed by atoms with Crippen molar-refractivity contribution in [2.45, 2.75) is 19.4 Å². The molecule has 84 valence electrons. The van der Waals surface area contributed by atoms with Gasteiger partial charge in [0.05, 0.1) is 6.61 Å². The maximum absolute atomic E-state index is 12.0. The molecule has 1 aromatic carbocycles. The number of rotatable bonds is 3. The molecule has 0 radical (unpaired) electrons. The maximum Gasteiger partial charge on any atom is 0.227 e. The van der Waals surface area contributed by atoms with E-state index in [0.717, 1.165) is 18.4 Å². The molecular weight excluding hydrogens is 202 g/mol. The summed E-state index contributed by atoms with van der Waals surface area (Å²) in [6.07, 6.45) is 3.77. The highest BCUT2D eigenvalue weighted by Gasteiger charge is 2.15. The van der Waals surface area contributed by atoms with Gasteiger partial charge in [0, 0.05) is 12.1 Å². The fourth-order valence-electron chi connectivity index (χ4n) is 1.65. The quantitative estimate of drug-likeness (QED) is 0.788. The SMILES string of the molecule is NCc1ccc(C(=O)C2=CCCCO2)cc1. The van der Waals surface area contributed by atoms with Crippen molar-refractivity contribution in [3.05, 3.63) is 47.2 Å². The molecule has 3 heteroatoms. The highest BCUT2D eigenvalue weighted by Crippen LogP contribution is 2.16. The second-order valence-electron chi connectivity index (χ2n) is 3.79. The maximum atomic E-state index is 12.0. The van der Waals surface area contributed by atoms with Gasteiger partial charge in [-0.25, -0.2) is 0 Å². The van der Waals surface area contributed by atoms with Crippen LogP contribution in [-0.2, 0) is 11.3 Å². The zero-order valence-corrected chi connectivity index (χ0v) is 9.11. The Bertz CT molecular complexity index is 406. The van der Waals surface area contributed by atoms with Crippen molar-refractivity contribution in [2.24, 2.45) is 5.73 Å². The number of ketones is 1. The van der Waals surface area contributed by atoms with Crippen molar-refractivity contribution in [3.63, 3.8) is 0 Å². The lowest BCUT2D eigenvalue weighted by Gasteiger charge is -2.13. The van der Waals surface area contributed by atoms with Gasteiger partial charge in [-0.3, -0.25) is 4.79 Å². The topological polar surface area (TPSA) is 52.3 Å². The zero-order valence-electron chi connectivity index (χ0n) is 9.11. The van der Waals surface area contributed by atoms with Gasteiger partial charge in [-0.15, -0.1) is 0 Å². The van der Waals surface area contributed by atoms with Crippen molar-refractivity contribution >= 4 is 5.78 Å². The van der Waals surface area contributed by atoms with Crippen molar-refractivity contribution < 1.29 is 9.53 Å². The lowest BCUT2D eigenvalue weighted by atomic mass is 10.1. The Morgan fingerprint density at radius 3 is 2.62 bits per heavy atom. The predicted molar refractivity (Wildman–Crippen MR) is 61.9 cm³/mol. The van der Waals surface area contributed by atoms with E-state index in [4.69, 9.17) is 10.5 Å². The molecular formula is C13H15NO2. The molecule has 0 amide bonds. The summed E-state index contributed by atoms with van der Waals surface area (Å²) in [5, 5.41) is 0. The fourth-order valence-corrected chi connectivity index (χ4v) is 1.65. The summed E-state index contributed by atoms with van der Waals surface area (Å²) < 4.78 is 5.34. The third-order valence-corrected chi connectivity index (χ3v) is 2.61. The monoisotopic (exact) mass is 217 g/mol. The first-order chi connectivity index (χ1) is 7.81. The molecule has 1 aromatic rings. The normalized spacial score (nSPS) is 15.2. The number of benzene rings is 1. The summed E-state index contributed by atoms with van der Waals surface area (Å²) in [6.45, 7) is 1.13. The number of allylic oxidation sites excluding steroid dienone is 2. The summed E-state index contributed by atoms with van der Waals surface area (Å²) in [5.41, 5.74) is 7.18. The van der Waals surface area contributed by atoms with Gasteiger partial charge in [0.25, 0.3) is 0 Å². The summed E-state index contributed by atoms with van der Waals surface area (Å²) in [5.74, 6) is 0.440. The highest BCUT2D eigenvalue weighted by molar-refractivity contribution is 6.07. The number of carbonyl (C=O) groups is 1. The molecule has 0 saturated carbocycles. The standard InChI is InChI=1S/C13H15NO2/c14-9-10-4-6-11(7-5-10)13(15)12-3-1-2-8-16-12/h3-7H,1-2,8-9,14H2. The summed E-state index contributed by atoms with van der Waals surface area (Å²) >= 11 is 0. The van der Waals surface area contributed by atoms with Crippen molar-refractivity contribution in [1.82, 2.24) is 0 Å². The minimum atomic E-state index is -0.0386. The van der Waals surface area contributed by atoms with E-state index in [2.05, 4.69) is 0 Å². The van der Waals surface area contributed by atoms with Gasteiger partial charge in [-0.05, 0) is 24.5 Å². The molecule has 0 saturated heterocycles. The van der Waals surface area contributed by atoms with Gasteiger partial charge >= 0.3 is 0 Å². The zero-order chi connectivity index (χ0) is 11.4. The molecule has 0 aromatic heterocycles. The fraction of sp³-hybridized carbons (Fsp3) is 0.308. The van der Waals surface area contributed by atoms with Crippen LogP contribution in [0.25, 0.3) is 0 Å². The van der Waals surface area contributed by atoms with E-state index in [0.29, 0.717) is 24.5 Å². The molecule has 0 unspecified atom stereocenters. The molecule has 0 spiro atoms. The van der Waals surface area contributed by atoms with Gasteiger partial charge in [-0.1, -0.05) is 24.3 Å². The Kier molecular flexibility index (Phi) is 3.37. The van der Waals surface area contributed by atoms with Crippen LogP contribution >= 0.6 is 0 Å². The van der Waals surface area contributed by atoms with Crippen LogP contribution in [0.2, 0.25) is 0 Å². The van der Waals surface area contributed by atoms with E-state index in [1.807, 2.05) is 18.2 Å². The number of nitrogens with two attached hydrogens (primary N) is 1. The Labute approximate surface area is 94.9 Å². The van der Waals surface area contributed by atoms with Gasteiger partial charge in [-0.2, -0.15) is 0 Å². The molecule has 1 aliphatic heterocycles. The molecule has 2 N–H and O–H groups in total. The number of ether oxygens (including phenoxy) is 1. The van der Waals surface area contributed by atoms with Crippen molar-refractivity contribution in [3.8, 4) is 0 Å². The summed E-state index contributed by atoms with van der Waals surface area (Å²) in [6, 6.07) is 7.33. The van der Waals surface area contributed by atoms with Crippen LogP contribution in [0.4, 0.5) is 0 Å². The van der Waals surface area contributed by atoms with E-state index < -0.39 is 0 Å². The molecule has 2 rings (SSSR count). The van der Waals surface area contributed by atoms with Gasteiger partial charge in [0.2, 0.25) is 5.78 Å². The van der Waals surface area contributed by atoms with Crippen LogP contribution in [0, 0.1) is 0 Å². The van der Waals surface area contributed by atoms with Gasteiger partial charge < -0.3 is 10.5 Å². The molecule has 1 heterocycles. The second kappa shape index (κ2) is 4.94. The van der Waals surface area contributed by atoms with Crippen molar-refractivity contribution in [2.75, 3.05) is 6.61 Å². The first-order valence-corrected chi connectivity index (χ1v) is 5.48. The predicted octanol–water partition coefficient (Wildman–Crippen LogP) is 2.02. The van der Waals surface area contributed by atoms with E-state index in [9.17, 15) is 4.79 Å². The third kappa shape index (κ3) is 2.31. The van der Waals surface area contributed by atoms with E-state index in [1.165, 1.54) is 0 Å². The van der Waals surface area contributed by atoms with Crippen LogP contribution in [0.5, 0.6) is 0 Å². The molecule has 1 aliphatic rings. The Morgan fingerprint density at radius 2 is 2.06 bits per heavy atom. The molecule has 0 aliphatic carbocycles. The first-order valence-electron chi connectivity index (χ1n) is 5.48. The molecule has 0 atom stereocenters. The van der Waals surface area contributed by atoms with E-state index in [1.54, 1.807) is 12.1 Å². The largest absolute Gasteiger partial charge is 0.490 e. The molecule has 3 nitrogen and oxygen atoms in total. The Morgan fingerprint density at radius 1 is 1.31 bits per heavy atom. The van der Waals surface area contributed by atoms with Crippen LogP contribution in [0.1, 0.15) is 28.8 Å². The van der Waals surface area contributed by atoms with Crippen LogP contribution in [0.15, 0.2) is 36.1 Å². The van der Waals surface area contributed by atoms with Crippen LogP contribution in [-0.4, -0.2) is 12.4 Å². The van der Waals surface area contributed by atoms with Crippen LogP contribution < -0.4 is 5.73 Å². The second-order valence-corrected chi connectivity index (χ2v) is 3.79. The molecule has 0 fully saturated rings. The average Bonchev–Trinajstić information content (AvgIpc) is 2.39. The van der Waals surface area contributed by atoms with E-state index >= 15 is 0 Å². The lowest BCUT2D eigenvalue weighted by molar-refractivity contribution is 0.0899. The number of Topliss-reactive ketones (excluding diaryl/α,β-unsaturated/α-hetero) is 1. The van der Waals surface area contributed by atoms with Gasteiger partial charge in [0.1, 0.15) is 0 Å². The minimum Gasteiger partial charge on any atom is -0.490 e.